The zero-order valence-corrected chi connectivity index (χ0v) is 12.9. The van der Waals surface area contributed by atoms with E-state index in [1.165, 1.54) is 23.5 Å². The third kappa shape index (κ3) is 3.58. The summed E-state index contributed by atoms with van der Waals surface area (Å²) in [6.07, 6.45) is 0. The van der Waals surface area contributed by atoms with Gasteiger partial charge in [0.2, 0.25) is 0 Å². The van der Waals surface area contributed by atoms with Crippen LogP contribution in [0.1, 0.15) is 37.5 Å². The van der Waals surface area contributed by atoms with Crippen molar-refractivity contribution in [3.8, 4) is 0 Å². The van der Waals surface area contributed by atoms with E-state index >= 15 is 0 Å². The predicted octanol–water partition coefficient (Wildman–Crippen LogP) is 3.82. The standard InChI is InChI=1S/C15H17FN2O2S/c1-15(2,3)14-18-11(8-21-14)12(13(19)20)17-10-7-5-4-6-9(10)16/h4-8,12,17H,1-3H3,(H,19,20). The maximum Gasteiger partial charge on any atom is 0.332 e. The molecule has 0 fully saturated rings. The monoisotopic (exact) mass is 308 g/mol. The van der Waals surface area contributed by atoms with Gasteiger partial charge in [-0.3, -0.25) is 0 Å². The van der Waals surface area contributed by atoms with Crippen LogP contribution in [0, 0.1) is 5.82 Å². The van der Waals surface area contributed by atoms with E-state index in [0.29, 0.717) is 5.69 Å². The van der Waals surface area contributed by atoms with Crippen LogP contribution in [0.3, 0.4) is 0 Å². The summed E-state index contributed by atoms with van der Waals surface area (Å²) in [5.74, 6) is -1.58. The van der Waals surface area contributed by atoms with Gasteiger partial charge in [-0.1, -0.05) is 32.9 Å². The number of hydrogen-bond acceptors (Lipinski definition) is 4. The molecule has 1 heterocycles. The number of para-hydroxylation sites is 1. The molecule has 0 aliphatic rings. The average Bonchev–Trinajstić information content (AvgIpc) is 2.86. The van der Waals surface area contributed by atoms with Gasteiger partial charge in [0.15, 0.2) is 6.04 Å². The molecule has 0 aliphatic heterocycles. The topological polar surface area (TPSA) is 62.2 Å². The van der Waals surface area contributed by atoms with Crippen LogP contribution in [0.4, 0.5) is 10.1 Å². The SMILES string of the molecule is CC(C)(C)c1nc(C(Nc2ccccc2F)C(=O)O)cs1. The lowest BCUT2D eigenvalue weighted by atomic mass is 9.98. The first-order valence-electron chi connectivity index (χ1n) is 6.49. The Hall–Kier alpha value is -1.95. The van der Waals surface area contributed by atoms with Crippen molar-refractivity contribution < 1.29 is 14.3 Å². The zero-order chi connectivity index (χ0) is 15.6. The third-order valence-electron chi connectivity index (χ3n) is 2.88. The molecule has 2 aromatic rings. The number of aromatic nitrogens is 1. The normalized spacial score (nSPS) is 13.0. The molecule has 0 bridgehead atoms. The van der Waals surface area contributed by atoms with Crippen molar-refractivity contribution in [1.29, 1.82) is 0 Å². The van der Waals surface area contributed by atoms with Gasteiger partial charge in [0.1, 0.15) is 5.82 Å². The fourth-order valence-corrected chi connectivity index (χ4v) is 2.69. The van der Waals surface area contributed by atoms with E-state index < -0.39 is 17.8 Å². The van der Waals surface area contributed by atoms with Crippen molar-refractivity contribution in [2.24, 2.45) is 0 Å². The lowest BCUT2D eigenvalue weighted by Crippen LogP contribution is -2.22. The summed E-state index contributed by atoms with van der Waals surface area (Å²) in [5.41, 5.74) is 0.389. The Kier molecular flexibility index (Phi) is 4.27. The summed E-state index contributed by atoms with van der Waals surface area (Å²) in [4.78, 5) is 15.8. The number of thiazole rings is 1. The molecular weight excluding hydrogens is 291 g/mol. The van der Waals surface area contributed by atoms with Gasteiger partial charge >= 0.3 is 5.97 Å². The van der Waals surface area contributed by atoms with Crippen LogP contribution in [-0.2, 0) is 10.2 Å². The van der Waals surface area contributed by atoms with Crippen LogP contribution in [0.15, 0.2) is 29.6 Å². The highest BCUT2D eigenvalue weighted by atomic mass is 32.1. The molecule has 1 unspecified atom stereocenters. The quantitative estimate of drug-likeness (QED) is 0.901. The first-order chi connectivity index (χ1) is 9.79. The number of carbonyl (C=O) groups is 1. The molecule has 2 N–H and O–H groups in total. The van der Waals surface area contributed by atoms with Crippen molar-refractivity contribution in [2.75, 3.05) is 5.32 Å². The van der Waals surface area contributed by atoms with Crippen LogP contribution >= 0.6 is 11.3 Å². The molecule has 21 heavy (non-hydrogen) atoms. The van der Waals surface area contributed by atoms with Crippen molar-refractivity contribution in [3.63, 3.8) is 0 Å². The summed E-state index contributed by atoms with van der Waals surface area (Å²) < 4.78 is 13.7. The minimum absolute atomic E-state index is 0.148. The minimum Gasteiger partial charge on any atom is -0.479 e. The summed E-state index contributed by atoms with van der Waals surface area (Å²) in [6.45, 7) is 6.03. The van der Waals surface area contributed by atoms with E-state index in [-0.39, 0.29) is 11.1 Å². The third-order valence-corrected chi connectivity index (χ3v) is 4.17. The Balaban J connectivity index is 2.30. The molecule has 0 amide bonds. The maximum absolute atomic E-state index is 13.7. The van der Waals surface area contributed by atoms with E-state index in [4.69, 9.17) is 0 Å². The zero-order valence-electron chi connectivity index (χ0n) is 12.1. The van der Waals surface area contributed by atoms with Crippen LogP contribution in [0.2, 0.25) is 0 Å². The van der Waals surface area contributed by atoms with Gasteiger partial charge in [-0.2, -0.15) is 0 Å². The molecule has 0 saturated carbocycles. The number of nitrogens with zero attached hydrogens (tertiary/aromatic N) is 1. The molecule has 0 spiro atoms. The lowest BCUT2D eigenvalue weighted by Gasteiger charge is -2.16. The largest absolute Gasteiger partial charge is 0.479 e. The number of anilines is 1. The van der Waals surface area contributed by atoms with E-state index in [0.717, 1.165) is 5.01 Å². The van der Waals surface area contributed by atoms with Gasteiger partial charge in [-0.15, -0.1) is 11.3 Å². The summed E-state index contributed by atoms with van der Waals surface area (Å²) in [5, 5.41) is 14.6. The highest BCUT2D eigenvalue weighted by Gasteiger charge is 2.26. The highest BCUT2D eigenvalue weighted by Crippen LogP contribution is 2.29. The van der Waals surface area contributed by atoms with Gasteiger partial charge in [0.25, 0.3) is 0 Å². The molecule has 6 heteroatoms. The number of benzene rings is 1. The number of rotatable bonds is 4. The fraction of sp³-hybridized carbons (Fsp3) is 0.333. The second-order valence-corrected chi connectivity index (χ2v) is 6.58. The smallest absolute Gasteiger partial charge is 0.332 e. The number of carboxylic acid groups (broad SMARTS) is 1. The predicted molar refractivity (Wildman–Crippen MR) is 81.2 cm³/mol. The molecule has 0 aliphatic carbocycles. The van der Waals surface area contributed by atoms with Gasteiger partial charge in [0.05, 0.1) is 16.4 Å². The van der Waals surface area contributed by atoms with E-state index in [1.807, 2.05) is 20.8 Å². The average molecular weight is 308 g/mol. The maximum atomic E-state index is 13.7. The van der Waals surface area contributed by atoms with Gasteiger partial charge in [0, 0.05) is 10.8 Å². The Morgan fingerprint density at radius 2 is 2.05 bits per heavy atom. The van der Waals surface area contributed by atoms with Gasteiger partial charge < -0.3 is 10.4 Å². The van der Waals surface area contributed by atoms with Crippen LogP contribution in [0.25, 0.3) is 0 Å². The number of aliphatic carboxylic acids is 1. The fourth-order valence-electron chi connectivity index (χ4n) is 1.76. The summed E-state index contributed by atoms with van der Waals surface area (Å²) in [7, 11) is 0. The Labute approximate surface area is 126 Å². The van der Waals surface area contributed by atoms with E-state index in [1.54, 1.807) is 17.5 Å². The van der Waals surface area contributed by atoms with Crippen LogP contribution in [0.5, 0.6) is 0 Å². The van der Waals surface area contributed by atoms with Crippen LogP contribution < -0.4 is 5.32 Å². The second kappa shape index (κ2) is 5.81. The van der Waals surface area contributed by atoms with Crippen molar-refractivity contribution in [1.82, 2.24) is 4.98 Å². The molecule has 1 atom stereocenters. The minimum atomic E-state index is -1.09. The molecule has 0 saturated heterocycles. The number of nitrogens with one attached hydrogen (secondary N) is 1. The molecular formula is C15H17FN2O2S. The lowest BCUT2D eigenvalue weighted by molar-refractivity contribution is -0.138. The number of hydrogen-bond donors (Lipinski definition) is 2. The molecule has 0 radical (unpaired) electrons. The van der Waals surface area contributed by atoms with E-state index in [2.05, 4.69) is 10.3 Å². The molecule has 4 nitrogen and oxygen atoms in total. The Bertz CT molecular complexity index is 649. The Morgan fingerprint density at radius 1 is 1.38 bits per heavy atom. The molecule has 112 valence electrons. The first kappa shape index (κ1) is 15.4. The summed E-state index contributed by atoms with van der Waals surface area (Å²) >= 11 is 1.41. The number of carboxylic acids is 1. The van der Waals surface area contributed by atoms with Gasteiger partial charge in [-0.25, -0.2) is 14.2 Å². The van der Waals surface area contributed by atoms with Crippen molar-refractivity contribution >= 4 is 23.0 Å². The number of halogens is 1. The highest BCUT2D eigenvalue weighted by molar-refractivity contribution is 7.09. The molecule has 2 rings (SSSR count). The second-order valence-electron chi connectivity index (χ2n) is 5.72. The Morgan fingerprint density at radius 3 is 2.57 bits per heavy atom. The van der Waals surface area contributed by atoms with Crippen molar-refractivity contribution in [3.05, 3.63) is 46.2 Å². The summed E-state index contributed by atoms with van der Waals surface area (Å²) in [6, 6.07) is 4.91. The molecule has 1 aromatic carbocycles. The van der Waals surface area contributed by atoms with Gasteiger partial charge in [-0.05, 0) is 12.1 Å². The van der Waals surface area contributed by atoms with E-state index in [9.17, 15) is 14.3 Å². The first-order valence-corrected chi connectivity index (χ1v) is 7.37. The molecule has 1 aromatic heterocycles. The van der Waals surface area contributed by atoms with Crippen LogP contribution in [-0.4, -0.2) is 16.1 Å². The van der Waals surface area contributed by atoms with Crippen molar-refractivity contribution in [2.45, 2.75) is 32.2 Å².